The molecule has 32 heavy (non-hydrogen) atoms. The van der Waals surface area contributed by atoms with Crippen LogP contribution in [0.2, 0.25) is 0 Å². The predicted octanol–water partition coefficient (Wildman–Crippen LogP) is 3.76. The van der Waals surface area contributed by atoms with E-state index in [0.29, 0.717) is 22.4 Å². The van der Waals surface area contributed by atoms with Gasteiger partial charge in [-0.1, -0.05) is 12.1 Å². The summed E-state index contributed by atoms with van der Waals surface area (Å²) in [6, 6.07) is 11.4. The van der Waals surface area contributed by atoms with Crippen molar-refractivity contribution in [1.29, 1.82) is 0 Å². The fraction of sp³-hybridized carbons (Fsp3) is 0.174. The van der Waals surface area contributed by atoms with Gasteiger partial charge in [0.1, 0.15) is 28.0 Å². The Labute approximate surface area is 184 Å². The van der Waals surface area contributed by atoms with Crippen molar-refractivity contribution >= 4 is 15.8 Å². The maximum Gasteiger partial charge on any atom is 0.332 e. The Morgan fingerprint density at radius 2 is 1.62 bits per heavy atom. The number of benzene rings is 3. The highest BCUT2D eigenvalue weighted by molar-refractivity contribution is 7.91. The second kappa shape index (κ2) is 8.97. The fourth-order valence-electron chi connectivity index (χ4n) is 3.26. The fourth-order valence-corrected chi connectivity index (χ4v) is 4.62. The second-order valence-electron chi connectivity index (χ2n) is 7.31. The molecule has 0 aliphatic carbocycles. The lowest BCUT2D eigenvalue weighted by Crippen LogP contribution is -2.22. The number of carbonyl (C=O) groups is 1. The number of phenols is 1. The normalized spacial score (nSPS) is 12.4. The lowest BCUT2D eigenvalue weighted by molar-refractivity contribution is -0.146. The van der Waals surface area contributed by atoms with E-state index in [1.54, 1.807) is 26.0 Å². The molecule has 0 saturated heterocycles. The molecule has 0 radical (unpaired) electrons. The molecule has 0 aromatic heterocycles. The molecule has 0 unspecified atom stereocenters. The number of rotatable bonds is 7. The summed E-state index contributed by atoms with van der Waals surface area (Å²) in [6.07, 6.45) is -1.60. The van der Waals surface area contributed by atoms with E-state index in [0.717, 1.165) is 24.3 Å². The van der Waals surface area contributed by atoms with E-state index in [4.69, 9.17) is 9.84 Å². The molecule has 3 aromatic carbocycles. The molecule has 0 bridgehead atoms. The highest BCUT2D eigenvalue weighted by atomic mass is 32.2. The number of aromatic hydroxyl groups is 1. The van der Waals surface area contributed by atoms with Crippen molar-refractivity contribution in [2.24, 2.45) is 0 Å². The van der Waals surface area contributed by atoms with Gasteiger partial charge in [0.2, 0.25) is 9.84 Å². The van der Waals surface area contributed by atoms with Crippen LogP contribution < -0.4 is 4.74 Å². The Morgan fingerprint density at radius 3 is 2.19 bits per heavy atom. The van der Waals surface area contributed by atoms with Gasteiger partial charge in [0.15, 0.2) is 6.10 Å². The third-order valence-corrected chi connectivity index (χ3v) is 6.60. The van der Waals surface area contributed by atoms with Crippen molar-refractivity contribution in [1.82, 2.24) is 0 Å². The third-order valence-electron chi connectivity index (χ3n) is 4.80. The Balaban J connectivity index is 1.94. The van der Waals surface area contributed by atoms with Gasteiger partial charge < -0.3 is 20.1 Å². The Kier molecular flexibility index (Phi) is 6.52. The van der Waals surface area contributed by atoms with E-state index in [1.807, 2.05) is 0 Å². The topological polar surface area (TPSA) is 121 Å². The van der Waals surface area contributed by atoms with Gasteiger partial charge >= 0.3 is 5.97 Å². The molecule has 0 aliphatic heterocycles. The molecule has 168 valence electrons. The lowest BCUT2D eigenvalue weighted by atomic mass is 10.0. The first kappa shape index (κ1) is 23.2. The number of aryl methyl sites for hydroxylation is 2. The summed E-state index contributed by atoms with van der Waals surface area (Å²) < 4.78 is 44.8. The summed E-state index contributed by atoms with van der Waals surface area (Å²) in [6.45, 7) is 3.46. The van der Waals surface area contributed by atoms with Gasteiger partial charge in [-0.15, -0.1) is 0 Å². The zero-order valence-electron chi connectivity index (χ0n) is 17.2. The van der Waals surface area contributed by atoms with Gasteiger partial charge in [-0.3, -0.25) is 0 Å². The largest absolute Gasteiger partial charge is 0.507 e. The highest BCUT2D eigenvalue weighted by Gasteiger charge is 2.23. The van der Waals surface area contributed by atoms with E-state index >= 15 is 0 Å². The minimum atomic E-state index is -4.13. The monoisotopic (exact) mass is 460 g/mol. The van der Waals surface area contributed by atoms with Crippen molar-refractivity contribution in [2.45, 2.75) is 36.2 Å². The molecule has 0 saturated carbocycles. The number of hydrogen-bond donors (Lipinski definition) is 3. The summed E-state index contributed by atoms with van der Waals surface area (Å²) in [5, 5.41) is 28.6. The van der Waals surface area contributed by atoms with E-state index < -0.39 is 38.4 Å². The van der Waals surface area contributed by atoms with Gasteiger partial charge in [-0.2, -0.15) is 0 Å². The average Bonchev–Trinajstić information content (AvgIpc) is 2.72. The molecular weight excluding hydrogens is 439 g/mol. The minimum Gasteiger partial charge on any atom is -0.507 e. The van der Waals surface area contributed by atoms with Gasteiger partial charge in [-0.05, 0) is 66.9 Å². The van der Waals surface area contributed by atoms with Crippen molar-refractivity contribution < 1.29 is 37.7 Å². The molecule has 3 aromatic rings. The Bertz CT molecular complexity index is 1240. The number of sulfone groups is 1. The first-order valence-corrected chi connectivity index (χ1v) is 11.0. The van der Waals surface area contributed by atoms with Crippen molar-refractivity contribution in [3.8, 4) is 17.2 Å². The zero-order valence-corrected chi connectivity index (χ0v) is 18.1. The molecule has 3 rings (SSSR count). The first-order chi connectivity index (χ1) is 15.0. The second-order valence-corrected chi connectivity index (χ2v) is 9.22. The molecule has 3 N–H and O–H groups in total. The number of phenolic OH excluding ortho intramolecular Hbond substituents is 1. The maximum atomic E-state index is 13.2. The van der Waals surface area contributed by atoms with Crippen LogP contribution in [0.4, 0.5) is 4.39 Å². The molecule has 0 heterocycles. The van der Waals surface area contributed by atoms with Crippen molar-refractivity contribution in [3.63, 3.8) is 0 Å². The van der Waals surface area contributed by atoms with E-state index in [1.165, 1.54) is 18.2 Å². The van der Waals surface area contributed by atoms with Crippen LogP contribution in [0.15, 0.2) is 64.4 Å². The van der Waals surface area contributed by atoms with Gasteiger partial charge in [0.05, 0.1) is 4.90 Å². The van der Waals surface area contributed by atoms with Crippen LogP contribution in [0.3, 0.4) is 0 Å². The summed E-state index contributed by atoms with van der Waals surface area (Å²) >= 11 is 0. The van der Waals surface area contributed by atoms with Gasteiger partial charge in [0, 0.05) is 12.5 Å². The minimum absolute atomic E-state index is 0.0729. The lowest BCUT2D eigenvalue weighted by Gasteiger charge is -2.16. The Morgan fingerprint density at radius 1 is 1.03 bits per heavy atom. The summed E-state index contributed by atoms with van der Waals surface area (Å²) in [7, 11) is -4.13. The van der Waals surface area contributed by atoms with E-state index in [2.05, 4.69) is 0 Å². The smallest absolute Gasteiger partial charge is 0.332 e. The van der Waals surface area contributed by atoms with Gasteiger partial charge in [0.25, 0.3) is 0 Å². The first-order valence-electron chi connectivity index (χ1n) is 9.51. The number of hydrogen-bond acceptors (Lipinski definition) is 6. The molecule has 0 aliphatic rings. The molecule has 0 amide bonds. The SMILES string of the molecule is Cc1cc(C[C@@H](O)C(=O)O)cc(C)c1Oc1ccc(O)c(S(=O)(=O)c2ccc(F)cc2)c1. The maximum absolute atomic E-state index is 13.2. The molecule has 9 heteroatoms. The van der Waals surface area contributed by atoms with Gasteiger partial charge in [-0.25, -0.2) is 17.6 Å². The Hall–Kier alpha value is -3.43. The quantitative estimate of drug-likeness (QED) is 0.459. The van der Waals surface area contributed by atoms with Crippen LogP contribution >= 0.6 is 0 Å². The molecule has 0 spiro atoms. The van der Waals surface area contributed by atoms with Crippen LogP contribution in [0.1, 0.15) is 16.7 Å². The van der Waals surface area contributed by atoms with E-state index in [-0.39, 0.29) is 17.1 Å². The number of carboxylic acids is 1. The molecule has 7 nitrogen and oxygen atoms in total. The number of aliphatic carboxylic acids is 1. The van der Waals surface area contributed by atoms with Crippen molar-refractivity contribution in [2.75, 3.05) is 0 Å². The molecular formula is C23H21FO7S. The standard InChI is InChI=1S/C23H21FO7S/c1-13-9-15(11-20(26)23(27)28)10-14(2)22(13)31-17-5-8-19(25)21(12-17)32(29,30)18-6-3-16(24)4-7-18/h3-10,12,20,25-26H,11H2,1-2H3,(H,27,28)/t20-/m1/s1. The number of aliphatic hydroxyl groups excluding tert-OH is 1. The zero-order chi connectivity index (χ0) is 23.6. The number of ether oxygens (including phenoxy) is 1. The van der Waals surface area contributed by atoms with E-state index in [9.17, 15) is 27.8 Å². The summed E-state index contributed by atoms with van der Waals surface area (Å²) in [5.41, 5.74) is 1.90. The van der Waals surface area contributed by atoms with Crippen LogP contribution in [0, 0.1) is 19.7 Å². The third kappa shape index (κ3) is 4.90. The number of halogens is 1. The average molecular weight is 460 g/mol. The highest BCUT2D eigenvalue weighted by Crippen LogP contribution is 2.36. The number of carboxylic acid groups (broad SMARTS) is 1. The summed E-state index contributed by atoms with van der Waals surface area (Å²) in [4.78, 5) is 10.3. The number of aliphatic hydroxyl groups is 1. The van der Waals surface area contributed by atoms with Crippen LogP contribution in [0.5, 0.6) is 17.2 Å². The van der Waals surface area contributed by atoms with Crippen LogP contribution in [0.25, 0.3) is 0 Å². The van der Waals surface area contributed by atoms with Crippen molar-refractivity contribution in [3.05, 3.63) is 77.1 Å². The van der Waals surface area contributed by atoms with Crippen LogP contribution in [-0.4, -0.2) is 35.8 Å². The summed E-state index contributed by atoms with van der Waals surface area (Å²) in [5.74, 6) is -1.81. The predicted molar refractivity (Wildman–Crippen MR) is 113 cm³/mol. The molecule has 0 fully saturated rings. The van der Waals surface area contributed by atoms with Crippen LogP contribution in [-0.2, 0) is 21.1 Å². The molecule has 1 atom stereocenters.